The summed E-state index contributed by atoms with van der Waals surface area (Å²) in [6.07, 6.45) is 0.770. The standard InChI is InChI=1S/C10H14FN/c1-7(2)10-6-9(8(3)11)4-5-12-10/h4-8H,1-3H3. The molecular formula is C10H14FN. The molecule has 1 atom stereocenters. The van der Waals surface area contributed by atoms with Crippen molar-refractivity contribution in [3.05, 3.63) is 29.6 Å². The summed E-state index contributed by atoms with van der Waals surface area (Å²) in [6, 6.07) is 3.55. The molecule has 0 saturated heterocycles. The van der Waals surface area contributed by atoms with E-state index in [4.69, 9.17) is 0 Å². The third kappa shape index (κ3) is 2.03. The predicted molar refractivity (Wildman–Crippen MR) is 47.8 cm³/mol. The van der Waals surface area contributed by atoms with Gasteiger partial charge in [0.25, 0.3) is 0 Å². The molecule has 0 fully saturated rings. The van der Waals surface area contributed by atoms with Crippen molar-refractivity contribution in [2.24, 2.45) is 0 Å². The fraction of sp³-hybridized carbons (Fsp3) is 0.500. The quantitative estimate of drug-likeness (QED) is 0.659. The Bertz CT molecular complexity index is 233. The summed E-state index contributed by atoms with van der Waals surface area (Å²) >= 11 is 0. The van der Waals surface area contributed by atoms with E-state index in [0.717, 1.165) is 5.69 Å². The molecular weight excluding hydrogens is 153 g/mol. The van der Waals surface area contributed by atoms with E-state index < -0.39 is 6.17 Å². The molecule has 0 aromatic carbocycles. The molecule has 2 heteroatoms. The summed E-state index contributed by atoms with van der Waals surface area (Å²) in [7, 11) is 0. The van der Waals surface area contributed by atoms with Crippen molar-refractivity contribution in [3.63, 3.8) is 0 Å². The van der Waals surface area contributed by atoms with Crippen molar-refractivity contribution >= 4 is 0 Å². The van der Waals surface area contributed by atoms with Crippen molar-refractivity contribution in [2.75, 3.05) is 0 Å². The monoisotopic (exact) mass is 167 g/mol. The molecule has 1 heterocycles. The topological polar surface area (TPSA) is 12.9 Å². The first kappa shape index (κ1) is 9.17. The van der Waals surface area contributed by atoms with Crippen LogP contribution in [-0.4, -0.2) is 4.98 Å². The minimum Gasteiger partial charge on any atom is -0.261 e. The van der Waals surface area contributed by atoms with Gasteiger partial charge in [-0.1, -0.05) is 13.8 Å². The second-order valence-electron chi connectivity index (χ2n) is 3.28. The molecule has 1 unspecified atom stereocenters. The Morgan fingerprint density at radius 1 is 1.33 bits per heavy atom. The summed E-state index contributed by atoms with van der Waals surface area (Å²) in [6.45, 7) is 5.64. The zero-order valence-electron chi connectivity index (χ0n) is 7.71. The van der Waals surface area contributed by atoms with Crippen molar-refractivity contribution in [1.29, 1.82) is 0 Å². The Morgan fingerprint density at radius 3 is 2.50 bits per heavy atom. The van der Waals surface area contributed by atoms with Gasteiger partial charge >= 0.3 is 0 Å². The highest BCUT2D eigenvalue weighted by Gasteiger charge is 2.05. The first-order valence-electron chi connectivity index (χ1n) is 4.21. The zero-order valence-corrected chi connectivity index (χ0v) is 7.71. The Kier molecular flexibility index (Phi) is 2.79. The summed E-state index contributed by atoms with van der Waals surface area (Å²) in [5.41, 5.74) is 1.67. The number of nitrogens with zero attached hydrogens (tertiary/aromatic N) is 1. The van der Waals surface area contributed by atoms with E-state index in [-0.39, 0.29) is 0 Å². The van der Waals surface area contributed by atoms with Crippen LogP contribution in [0.2, 0.25) is 0 Å². The van der Waals surface area contributed by atoms with Crippen LogP contribution in [0.4, 0.5) is 4.39 Å². The fourth-order valence-corrected chi connectivity index (χ4v) is 1.03. The molecule has 1 aromatic rings. The minimum absolute atomic E-state index is 0.365. The number of aromatic nitrogens is 1. The van der Waals surface area contributed by atoms with Gasteiger partial charge in [0.1, 0.15) is 6.17 Å². The van der Waals surface area contributed by atoms with E-state index >= 15 is 0 Å². The lowest BCUT2D eigenvalue weighted by atomic mass is 10.1. The first-order chi connectivity index (χ1) is 5.61. The smallest absolute Gasteiger partial charge is 0.122 e. The van der Waals surface area contributed by atoms with Crippen molar-refractivity contribution < 1.29 is 4.39 Å². The Labute approximate surface area is 72.6 Å². The number of pyridine rings is 1. The van der Waals surface area contributed by atoms with Crippen LogP contribution in [0, 0.1) is 0 Å². The highest BCUT2D eigenvalue weighted by Crippen LogP contribution is 2.19. The van der Waals surface area contributed by atoms with Crippen molar-refractivity contribution in [1.82, 2.24) is 4.98 Å². The van der Waals surface area contributed by atoms with Crippen LogP contribution < -0.4 is 0 Å². The fourth-order valence-electron chi connectivity index (χ4n) is 1.03. The molecule has 1 nitrogen and oxygen atoms in total. The average molecular weight is 167 g/mol. The molecule has 0 aliphatic rings. The van der Waals surface area contributed by atoms with Crippen LogP contribution in [0.15, 0.2) is 18.3 Å². The van der Waals surface area contributed by atoms with E-state index in [2.05, 4.69) is 18.8 Å². The Morgan fingerprint density at radius 2 is 2.00 bits per heavy atom. The van der Waals surface area contributed by atoms with E-state index in [1.807, 2.05) is 6.07 Å². The average Bonchev–Trinajstić information content (AvgIpc) is 2.04. The van der Waals surface area contributed by atoms with E-state index in [9.17, 15) is 4.39 Å². The van der Waals surface area contributed by atoms with E-state index in [0.29, 0.717) is 11.5 Å². The van der Waals surface area contributed by atoms with Gasteiger partial charge in [-0.2, -0.15) is 0 Å². The molecule has 0 aliphatic heterocycles. The molecule has 0 aliphatic carbocycles. The second kappa shape index (κ2) is 3.65. The molecule has 66 valence electrons. The maximum atomic E-state index is 12.8. The van der Waals surface area contributed by atoms with Crippen molar-refractivity contribution in [3.8, 4) is 0 Å². The summed E-state index contributed by atoms with van der Waals surface area (Å²) < 4.78 is 12.8. The third-order valence-corrected chi connectivity index (χ3v) is 1.86. The predicted octanol–water partition coefficient (Wildman–Crippen LogP) is 3.24. The molecule has 0 spiro atoms. The van der Waals surface area contributed by atoms with Gasteiger partial charge in [-0.3, -0.25) is 4.98 Å². The highest BCUT2D eigenvalue weighted by molar-refractivity contribution is 5.20. The van der Waals surface area contributed by atoms with Gasteiger partial charge in [0.15, 0.2) is 0 Å². The van der Waals surface area contributed by atoms with Gasteiger partial charge in [0.2, 0.25) is 0 Å². The van der Waals surface area contributed by atoms with Crippen LogP contribution in [0.25, 0.3) is 0 Å². The molecule has 0 amide bonds. The molecule has 12 heavy (non-hydrogen) atoms. The lowest BCUT2D eigenvalue weighted by Crippen LogP contribution is -1.94. The number of hydrogen-bond acceptors (Lipinski definition) is 1. The molecule has 0 bridgehead atoms. The maximum absolute atomic E-state index is 12.8. The number of halogens is 1. The lowest BCUT2D eigenvalue weighted by Gasteiger charge is -2.07. The Balaban J connectivity index is 2.96. The number of alkyl halides is 1. The van der Waals surface area contributed by atoms with Gasteiger partial charge in [-0.05, 0) is 30.5 Å². The highest BCUT2D eigenvalue weighted by atomic mass is 19.1. The number of rotatable bonds is 2. The van der Waals surface area contributed by atoms with E-state index in [1.165, 1.54) is 0 Å². The van der Waals surface area contributed by atoms with Crippen molar-refractivity contribution in [2.45, 2.75) is 32.9 Å². The van der Waals surface area contributed by atoms with Crippen LogP contribution >= 0.6 is 0 Å². The summed E-state index contributed by atoms with van der Waals surface area (Å²) in [4.78, 5) is 4.15. The van der Waals surface area contributed by atoms with Crippen LogP contribution in [0.5, 0.6) is 0 Å². The molecule has 1 aromatic heterocycles. The van der Waals surface area contributed by atoms with Gasteiger partial charge in [-0.25, -0.2) is 4.39 Å². The Hall–Kier alpha value is -0.920. The first-order valence-corrected chi connectivity index (χ1v) is 4.21. The lowest BCUT2D eigenvalue weighted by molar-refractivity contribution is 0.373. The largest absolute Gasteiger partial charge is 0.261 e. The third-order valence-electron chi connectivity index (χ3n) is 1.86. The van der Waals surface area contributed by atoms with Gasteiger partial charge < -0.3 is 0 Å². The number of hydrogen-bond donors (Lipinski definition) is 0. The normalized spacial score (nSPS) is 13.4. The molecule has 0 radical (unpaired) electrons. The molecule has 0 saturated carbocycles. The SMILES string of the molecule is CC(C)c1cc(C(C)F)ccn1. The van der Waals surface area contributed by atoms with Crippen LogP contribution in [0.3, 0.4) is 0 Å². The maximum Gasteiger partial charge on any atom is 0.122 e. The van der Waals surface area contributed by atoms with Crippen LogP contribution in [-0.2, 0) is 0 Å². The van der Waals surface area contributed by atoms with E-state index in [1.54, 1.807) is 19.2 Å². The summed E-state index contributed by atoms with van der Waals surface area (Å²) in [5, 5.41) is 0. The van der Waals surface area contributed by atoms with Gasteiger partial charge in [0.05, 0.1) is 0 Å². The second-order valence-corrected chi connectivity index (χ2v) is 3.28. The summed E-state index contributed by atoms with van der Waals surface area (Å²) in [5.74, 6) is 0.365. The minimum atomic E-state index is -0.898. The zero-order chi connectivity index (χ0) is 9.14. The molecule has 1 rings (SSSR count). The molecule has 0 N–H and O–H groups in total. The van der Waals surface area contributed by atoms with Gasteiger partial charge in [-0.15, -0.1) is 0 Å². The van der Waals surface area contributed by atoms with Crippen LogP contribution in [0.1, 0.15) is 44.1 Å². The van der Waals surface area contributed by atoms with Gasteiger partial charge in [0, 0.05) is 11.9 Å².